The third-order valence-corrected chi connectivity index (χ3v) is 2.29. The molecule has 0 aromatic heterocycles. The topological polar surface area (TPSA) is 106 Å². The van der Waals surface area contributed by atoms with Crippen molar-refractivity contribution in [3.8, 4) is 12.1 Å². The molecule has 0 fully saturated rings. The highest BCUT2D eigenvalue weighted by Crippen LogP contribution is 2.26. The number of non-ortho nitro benzene ring substituents is 1. The fourth-order valence-corrected chi connectivity index (χ4v) is 1.44. The summed E-state index contributed by atoms with van der Waals surface area (Å²) in [6, 6.07) is 8.23. The summed E-state index contributed by atoms with van der Waals surface area (Å²) < 4.78 is 0. The Hall–Kier alpha value is -2.80. The monoisotopic (exact) mass is 245 g/mol. The Morgan fingerprint density at radius 3 is 2.39 bits per heavy atom. The van der Waals surface area contributed by atoms with E-state index in [1.54, 1.807) is 13.1 Å². The van der Waals surface area contributed by atoms with Gasteiger partial charge in [0.05, 0.1) is 17.1 Å². The van der Waals surface area contributed by atoms with Crippen molar-refractivity contribution in [1.82, 2.24) is 0 Å². The van der Waals surface area contributed by atoms with Gasteiger partial charge in [0.25, 0.3) is 5.69 Å². The van der Waals surface area contributed by atoms with E-state index in [0.717, 1.165) is 0 Å². The summed E-state index contributed by atoms with van der Waals surface area (Å²) in [4.78, 5) is 11.7. The molecule has 0 bridgehead atoms. The number of benzene rings is 1. The fraction of sp³-hybridized carbons (Fsp3) is 0.273. The third kappa shape index (κ3) is 3.09. The lowest BCUT2D eigenvalue weighted by atomic mass is 10.2. The molecule has 0 heterocycles. The van der Waals surface area contributed by atoms with Crippen LogP contribution >= 0.6 is 0 Å². The second-order valence-corrected chi connectivity index (χ2v) is 3.42. The minimum atomic E-state index is -0.513. The fourth-order valence-electron chi connectivity index (χ4n) is 1.44. The molecule has 0 aliphatic heterocycles. The van der Waals surface area contributed by atoms with E-state index in [1.807, 2.05) is 12.1 Å². The first-order chi connectivity index (χ1) is 8.62. The molecule has 1 aromatic rings. The van der Waals surface area contributed by atoms with Gasteiger partial charge in [-0.3, -0.25) is 10.1 Å². The lowest BCUT2D eigenvalue weighted by Crippen LogP contribution is -2.23. The van der Waals surface area contributed by atoms with E-state index in [9.17, 15) is 10.1 Å². The summed E-state index contributed by atoms with van der Waals surface area (Å²) in [5, 5.41) is 31.0. The van der Waals surface area contributed by atoms with Gasteiger partial charge in [0.1, 0.15) is 13.1 Å². The number of rotatable bonds is 5. The minimum Gasteiger partial charge on any atom is -0.388 e. The number of nitriles is 2. The molecule has 7 heteroatoms. The molecule has 0 unspecified atom stereocenters. The van der Waals surface area contributed by atoms with Crippen molar-refractivity contribution in [1.29, 1.82) is 10.5 Å². The van der Waals surface area contributed by atoms with Gasteiger partial charge in [0.15, 0.2) is 0 Å². The van der Waals surface area contributed by atoms with Crippen LogP contribution in [0.15, 0.2) is 18.2 Å². The van der Waals surface area contributed by atoms with Crippen molar-refractivity contribution in [3.63, 3.8) is 0 Å². The van der Waals surface area contributed by atoms with Gasteiger partial charge < -0.3 is 10.2 Å². The largest absolute Gasteiger partial charge is 0.388 e. The minimum absolute atomic E-state index is 0.00210. The molecule has 1 N–H and O–H groups in total. The summed E-state index contributed by atoms with van der Waals surface area (Å²) in [5.41, 5.74) is 0.939. The molecule has 1 rings (SSSR count). The van der Waals surface area contributed by atoms with Crippen molar-refractivity contribution in [2.45, 2.75) is 0 Å². The Labute approximate surface area is 104 Å². The van der Waals surface area contributed by atoms with Crippen molar-refractivity contribution < 1.29 is 4.92 Å². The number of hydrogen-bond donors (Lipinski definition) is 1. The van der Waals surface area contributed by atoms with Crippen molar-refractivity contribution in [2.24, 2.45) is 0 Å². The molecule has 0 saturated heterocycles. The molecule has 0 aliphatic carbocycles. The van der Waals surface area contributed by atoms with Crippen LogP contribution < -0.4 is 10.2 Å². The molecule has 0 spiro atoms. The molecule has 0 saturated carbocycles. The zero-order valence-electron chi connectivity index (χ0n) is 9.75. The summed E-state index contributed by atoms with van der Waals surface area (Å²) in [5.74, 6) is 0. The smallest absolute Gasteiger partial charge is 0.273 e. The average Bonchev–Trinajstić information content (AvgIpc) is 2.37. The Morgan fingerprint density at radius 1 is 1.33 bits per heavy atom. The molecule has 18 heavy (non-hydrogen) atoms. The standard InChI is InChI=1S/C11H11N5O2/c1-14-9-6-10(8-11(7-9)16(17)18)15(4-2-12)5-3-13/h6-8,14H,4-5H2,1H3. The highest BCUT2D eigenvalue weighted by molar-refractivity contribution is 5.64. The molecule has 0 radical (unpaired) electrons. The van der Waals surface area contributed by atoms with Gasteiger partial charge in [-0.1, -0.05) is 0 Å². The molecule has 92 valence electrons. The number of nitro groups is 1. The Balaban J connectivity index is 3.21. The first kappa shape index (κ1) is 13.3. The van der Waals surface area contributed by atoms with Crippen LogP contribution in [0.4, 0.5) is 17.1 Å². The van der Waals surface area contributed by atoms with E-state index >= 15 is 0 Å². The van der Waals surface area contributed by atoms with Crippen LogP contribution in [0, 0.1) is 32.8 Å². The van der Waals surface area contributed by atoms with Crippen LogP contribution in [-0.2, 0) is 0 Å². The number of nitrogens with one attached hydrogen (secondary N) is 1. The van der Waals surface area contributed by atoms with Gasteiger partial charge in [-0.25, -0.2) is 0 Å². The normalized spacial score (nSPS) is 9.06. The molecule has 0 aliphatic rings. The summed E-state index contributed by atoms with van der Waals surface area (Å²) in [7, 11) is 1.64. The molecular weight excluding hydrogens is 234 g/mol. The second kappa shape index (κ2) is 6.06. The van der Waals surface area contributed by atoms with Gasteiger partial charge in [-0.05, 0) is 6.07 Å². The molecular formula is C11H11N5O2. The van der Waals surface area contributed by atoms with Crippen LogP contribution in [0.5, 0.6) is 0 Å². The summed E-state index contributed by atoms with van der Waals surface area (Å²) in [6.07, 6.45) is 0. The predicted molar refractivity (Wildman–Crippen MR) is 66.1 cm³/mol. The van der Waals surface area contributed by atoms with Crippen molar-refractivity contribution in [3.05, 3.63) is 28.3 Å². The van der Waals surface area contributed by atoms with E-state index in [0.29, 0.717) is 11.4 Å². The van der Waals surface area contributed by atoms with Crippen LogP contribution in [0.1, 0.15) is 0 Å². The van der Waals surface area contributed by atoms with E-state index < -0.39 is 4.92 Å². The quantitative estimate of drug-likeness (QED) is 0.478. The summed E-state index contributed by atoms with van der Waals surface area (Å²) in [6.45, 7) is -0.00420. The second-order valence-electron chi connectivity index (χ2n) is 3.42. The first-order valence-corrected chi connectivity index (χ1v) is 5.08. The van der Waals surface area contributed by atoms with Gasteiger partial charge >= 0.3 is 0 Å². The van der Waals surface area contributed by atoms with E-state index in [1.165, 1.54) is 17.0 Å². The predicted octanol–water partition coefficient (Wildman–Crippen LogP) is 1.49. The van der Waals surface area contributed by atoms with E-state index in [4.69, 9.17) is 10.5 Å². The van der Waals surface area contributed by atoms with E-state index in [2.05, 4.69) is 5.32 Å². The third-order valence-electron chi connectivity index (χ3n) is 2.29. The zero-order valence-corrected chi connectivity index (χ0v) is 9.75. The average molecular weight is 245 g/mol. The van der Waals surface area contributed by atoms with Crippen LogP contribution in [0.3, 0.4) is 0 Å². The lowest BCUT2D eigenvalue weighted by molar-refractivity contribution is -0.384. The van der Waals surface area contributed by atoms with Crippen molar-refractivity contribution >= 4 is 17.1 Å². The molecule has 0 atom stereocenters. The van der Waals surface area contributed by atoms with Crippen molar-refractivity contribution in [2.75, 3.05) is 30.4 Å². The SMILES string of the molecule is CNc1cc(N(CC#N)CC#N)cc([N+](=O)[O-])c1. The maximum atomic E-state index is 10.8. The van der Waals surface area contributed by atoms with Gasteiger partial charge in [-0.2, -0.15) is 10.5 Å². The van der Waals surface area contributed by atoms with Crippen LogP contribution in [0.2, 0.25) is 0 Å². The maximum Gasteiger partial charge on any atom is 0.273 e. The number of nitrogens with zero attached hydrogens (tertiary/aromatic N) is 4. The molecule has 1 aromatic carbocycles. The van der Waals surface area contributed by atoms with Gasteiger partial charge in [-0.15, -0.1) is 0 Å². The van der Waals surface area contributed by atoms with Gasteiger partial charge in [0, 0.05) is 30.6 Å². The highest BCUT2D eigenvalue weighted by atomic mass is 16.6. The zero-order chi connectivity index (χ0) is 13.5. The lowest BCUT2D eigenvalue weighted by Gasteiger charge is -2.18. The number of anilines is 2. The summed E-state index contributed by atoms with van der Waals surface area (Å²) >= 11 is 0. The molecule has 0 amide bonds. The Morgan fingerprint density at radius 2 is 1.94 bits per heavy atom. The Bertz CT molecular complexity index is 513. The number of nitro benzene ring substituents is 1. The van der Waals surface area contributed by atoms with E-state index in [-0.39, 0.29) is 18.8 Å². The maximum absolute atomic E-state index is 10.8. The molecule has 7 nitrogen and oxygen atoms in total. The Kier molecular flexibility index (Phi) is 4.47. The number of hydrogen-bond acceptors (Lipinski definition) is 6. The highest BCUT2D eigenvalue weighted by Gasteiger charge is 2.13. The van der Waals surface area contributed by atoms with Crippen LogP contribution in [-0.4, -0.2) is 25.1 Å². The van der Waals surface area contributed by atoms with Gasteiger partial charge in [0.2, 0.25) is 0 Å². The van der Waals surface area contributed by atoms with Crippen LogP contribution in [0.25, 0.3) is 0 Å². The first-order valence-electron chi connectivity index (χ1n) is 5.08.